The van der Waals surface area contributed by atoms with Crippen LogP contribution in [-0.4, -0.2) is 0 Å². The van der Waals surface area contributed by atoms with Crippen LogP contribution in [0.1, 0.15) is 11.1 Å². The second-order valence-corrected chi connectivity index (χ2v) is 4.75. The molecule has 19 heavy (non-hydrogen) atoms. The summed E-state index contributed by atoms with van der Waals surface area (Å²) in [7, 11) is 0. The van der Waals surface area contributed by atoms with Crippen molar-refractivity contribution in [2.45, 2.75) is 6.42 Å². The van der Waals surface area contributed by atoms with Gasteiger partial charge in [0.15, 0.2) is 0 Å². The summed E-state index contributed by atoms with van der Waals surface area (Å²) < 4.78 is 6.50. The van der Waals surface area contributed by atoms with Crippen molar-refractivity contribution in [2.24, 2.45) is 0 Å². The summed E-state index contributed by atoms with van der Waals surface area (Å²) in [4.78, 5) is 0. The Balaban J connectivity index is 2.22. The lowest BCUT2D eigenvalue weighted by Gasteiger charge is -2.08. The van der Waals surface area contributed by atoms with E-state index in [1.165, 1.54) is 0 Å². The fraction of sp³-hybridized carbons (Fsp3) is 0.0667. The van der Waals surface area contributed by atoms with Crippen LogP contribution in [-0.2, 0) is 6.42 Å². The van der Waals surface area contributed by atoms with E-state index in [-0.39, 0.29) is 0 Å². The van der Waals surface area contributed by atoms with Gasteiger partial charge in [0, 0.05) is 4.47 Å². The Kier molecular flexibility index (Phi) is 4.18. The molecule has 0 bridgehead atoms. The van der Waals surface area contributed by atoms with Crippen molar-refractivity contribution in [1.82, 2.24) is 0 Å². The van der Waals surface area contributed by atoms with E-state index in [1.807, 2.05) is 18.2 Å². The maximum Gasteiger partial charge on any atom is 0.145 e. The number of halogens is 1. The largest absolute Gasteiger partial charge is 0.456 e. The molecule has 0 fully saturated rings. The Morgan fingerprint density at radius 3 is 2.42 bits per heavy atom. The fourth-order valence-corrected chi connectivity index (χ4v) is 1.93. The van der Waals surface area contributed by atoms with Gasteiger partial charge >= 0.3 is 0 Å². The van der Waals surface area contributed by atoms with Gasteiger partial charge in [0.25, 0.3) is 0 Å². The minimum Gasteiger partial charge on any atom is -0.456 e. The highest BCUT2D eigenvalue weighted by Gasteiger charge is 2.05. The van der Waals surface area contributed by atoms with Gasteiger partial charge in [-0.15, -0.1) is 0 Å². The van der Waals surface area contributed by atoms with Gasteiger partial charge in [0.05, 0.1) is 18.1 Å². The van der Waals surface area contributed by atoms with E-state index in [4.69, 9.17) is 15.3 Å². The zero-order chi connectivity index (χ0) is 13.7. The molecule has 0 amide bonds. The van der Waals surface area contributed by atoms with E-state index in [9.17, 15) is 0 Å². The lowest BCUT2D eigenvalue weighted by molar-refractivity contribution is 0.481. The summed E-state index contributed by atoms with van der Waals surface area (Å²) in [5, 5.41) is 17.6. The summed E-state index contributed by atoms with van der Waals surface area (Å²) in [6.45, 7) is 0. The van der Waals surface area contributed by atoms with Gasteiger partial charge in [-0.3, -0.25) is 0 Å². The average Bonchev–Trinajstić information content (AvgIpc) is 2.43. The smallest absolute Gasteiger partial charge is 0.145 e. The van der Waals surface area contributed by atoms with Crippen molar-refractivity contribution in [3.8, 4) is 23.6 Å². The van der Waals surface area contributed by atoms with Crippen LogP contribution in [0.15, 0.2) is 46.9 Å². The lowest BCUT2D eigenvalue weighted by atomic mass is 10.1. The Morgan fingerprint density at radius 1 is 1.05 bits per heavy atom. The fourth-order valence-electron chi connectivity index (χ4n) is 1.57. The molecule has 0 atom stereocenters. The molecule has 0 N–H and O–H groups in total. The second kappa shape index (κ2) is 6.04. The molecule has 0 aliphatic carbocycles. The number of nitrogens with zero attached hydrogens (tertiary/aromatic N) is 2. The third kappa shape index (κ3) is 3.34. The first-order valence-electron chi connectivity index (χ1n) is 5.56. The van der Waals surface area contributed by atoms with E-state index < -0.39 is 0 Å². The summed E-state index contributed by atoms with van der Waals surface area (Å²) in [5.41, 5.74) is 1.40. The summed E-state index contributed by atoms with van der Waals surface area (Å²) in [5.74, 6) is 1.15. The van der Waals surface area contributed by atoms with Crippen LogP contribution in [0.25, 0.3) is 0 Å². The summed E-state index contributed by atoms with van der Waals surface area (Å²) >= 11 is 3.31. The number of ether oxygens (including phenoxy) is 1. The third-order valence-corrected chi connectivity index (χ3v) is 2.99. The molecule has 4 heteroatoms. The molecular weight excluding hydrogens is 304 g/mol. The van der Waals surface area contributed by atoms with Crippen LogP contribution in [0.3, 0.4) is 0 Å². The second-order valence-electron chi connectivity index (χ2n) is 3.83. The average molecular weight is 313 g/mol. The molecule has 0 unspecified atom stereocenters. The highest BCUT2D eigenvalue weighted by molar-refractivity contribution is 9.10. The standard InChI is InChI=1S/C15H9BrN2O/c16-13-3-6-15(12(9-13)10-18)19-14-4-1-11(2-5-14)7-8-17/h1-6,9H,7H2. The topological polar surface area (TPSA) is 56.8 Å². The van der Waals surface area contributed by atoms with E-state index in [0.29, 0.717) is 23.5 Å². The van der Waals surface area contributed by atoms with Crippen LogP contribution in [0.4, 0.5) is 0 Å². The van der Waals surface area contributed by atoms with Gasteiger partial charge < -0.3 is 4.74 Å². The minimum atomic E-state index is 0.377. The Bertz CT molecular complexity index is 666. The van der Waals surface area contributed by atoms with E-state index in [0.717, 1.165) is 10.0 Å². The Morgan fingerprint density at radius 2 is 1.79 bits per heavy atom. The molecule has 0 aliphatic heterocycles. The van der Waals surface area contributed by atoms with Crippen LogP contribution >= 0.6 is 15.9 Å². The molecule has 92 valence electrons. The van der Waals surface area contributed by atoms with Crippen LogP contribution in [0.5, 0.6) is 11.5 Å². The van der Waals surface area contributed by atoms with E-state index in [1.54, 1.807) is 24.3 Å². The number of nitriles is 2. The van der Waals surface area contributed by atoms with Gasteiger partial charge in [-0.05, 0) is 35.9 Å². The normalized spacial score (nSPS) is 9.42. The van der Waals surface area contributed by atoms with Crippen molar-refractivity contribution in [1.29, 1.82) is 10.5 Å². The highest BCUT2D eigenvalue weighted by Crippen LogP contribution is 2.27. The quantitative estimate of drug-likeness (QED) is 0.854. The zero-order valence-corrected chi connectivity index (χ0v) is 11.5. The van der Waals surface area contributed by atoms with Crippen LogP contribution in [0.2, 0.25) is 0 Å². The monoisotopic (exact) mass is 312 g/mol. The summed E-state index contributed by atoms with van der Waals surface area (Å²) in [6.07, 6.45) is 0.377. The predicted molar refractivity (Wildman–Crippen MR) is 74.7 cm³/mol. The van der Waals surface area contributed by atoms with Gasteiger partial charge in [-0.2, -0.15) is 10.5 Å². The molecule has 2 rings (SSSR count). The number of hydrogen-bond acceptors (Lipinski definition) is 3. The molecular formula is C15H9BrN2O. The first-order valence-corrected chi connectivity index (χ1v) is 6.35. The molecule has 0 aliphatic rings. The molecule has 3 nitrogen and oxygen atoms in total. The molecule has 0 spiro atoms. The van der Waals surface area contributed by atoms with Crippen molar-refractivity contribution in [3.05, 3.63) is 58.1 Å². The van der Waals surface area contributed by atoms with Gasteiger partial charge in [0.1, 0.15) is 17.6 Å². The van der Waals surface area contributed by atoms with Gasteiger partial charge in [0.2, 0.25) is 0 Å². The molecule has 0 saturated heterocycles. The molecule has 0 aromatic heterocycles. The minimum absolute atomic E-state index is 0.377. The Hall–Kier alpha value is -2.30. The highest BCUT2D eigenvalue weighted by atomic mass is 79.9. The van der Waals surface area contributed by atoms with Gasteiger partial charge in [-0.25, -0.2) is 0 Å². The first kappa shape index (κ1) is 13.1. The molecule has 0 heterocycles. The molecule has 2 aromatic carbocycles. The predicted octanol–water partition coefficient (Wildman–Crippen LogP) is 4.18. The number of hydrogen-bond donors (Lipinski definition) is 0. The SMILES string of the molecule is N#CCc1ccc(Oc2ccc(Br)cc2C#N)cc1. The van der Waals surface area contributed by atoms with Crippen molar-refractivity contribution in [2.75, 3.05) is 0 Å². The van der Waals surface area contributed by atoms with Crippen LogP contribution in [0, 0.1) is 22.7 Å². The zero-order valence-electron chi connectivity index (χ0n) is 9.93. The lowest BCUT2D eigenvalue weighted by Crippen LogP contribution is -1.89. The summed E-state index contributed by atoms with van der Waals surface area (Å²) in [6, 6.07) is 16.7. The molecule has 0 saturated carbocycles. The van der Waals surface area contributed by atoms with Crippen molar-refractivity contribution < 1.29 is 4.74 Å². The van der Waals surface area contributed by atoms with Gasteiger partial charge in [-0.1, -0.05) is 28.1 Å². The third-order valence-electron chi connectivity index (χ3n) is 2.50. The van der Waals surface area contributed by atoms with Crippen molar-refractivity contribution in [3.63, 3.8) is 0 Å². The Labute approximate surface area is 119 Å². The first-order chi connectivity index (χ1) is 9.22. The van der Waals surface area contributed by atoms with Crippen LogP contribution < -0.4 is 4.74 Å². The molecule has 0 radical (unpaired) electrons. The maximum absolute atomic E-state index is 9.05. The number of rotatable bonds is 3. The molecule has 2 aromatic rings. The maximum atomic E-state index is 9.05. The number of benzene rings is 2. The van der Waals surface area contributed by atoms with E-state index >= 15 is 0 Å². The van der Waals surface area contributed by atoms with Crippen molar-refractivity contribution >= 4 is 15.9 Å². The van der Waals surface area contributed by atoms with E-state index in [2.05, 4.69) is 28.1 Å².